The number of aromatic hydroxyl groups is 3. The maximum Gasteiger partial charge on any atom is 0.330 e. The van der Waals surface area contributed by atoms with Crippen molar-refractivity contribution in [2.24, 2.45) is 17.4 Å². The molecule has 5 aromatic rings. The second-order valence-corrected chi connectivity index (χ2v) is 26.5. The van der Waals surface area contributed by atoms with E-state index in [9.17, 15) is 75.0 Å². The summed E-state index contributed by atoms with van der Waals surface area (Å²) in [4.78, 5) is 117. The molecular weight excluding hydrogens is 1420 g/mol. The zero-order valence-corrected chi connectivity index (χ0v) is 58.7. The number of aliphatic carboxylic acids is 1. The van der Waals surface area contributed by atoms with E-state index in [0.29, 0.717) is 0 Å². The zero-order valence-electron chi connectivity index (χ0n) is 57.2. The van der Waals surface area contributed by atoms with Crippen LogP contribution in [0.3, 0.4) is 0 Å². The Hall–Kier alpha value is -9.72. The van der Waals surface area contributed by atoms with Crippen LogP contribution in [0.25, 0.3) is 11.1 Å². The molecule has 7 heterocycles. The summed E-state index contributed by atoms with van der Waals surface area (Å²) >= 11 is 14.1. The van der Waals surface area contributed by atoms with E-state index in [1.807, 2.05) is 13.8 Å². The summed E-state index contributed by atoms with van der Waals surface area (Å²) in [5, 5.41) is 131. The zero-order chi connectivity index (χ0) is 77.5. The number of carbonyl (C=O) groups is 8. The predicted octanol–water partition coefficient (Wildman–Crippen LogP) is 1.71. The minimum absolute atomic E-state index is 0.0975. The topological polar surface area (TPSA) is 530 Å². The summed E-state index contributed by atoms with van der Waals surface area (Å²) in [5.41, 5.74) is 8.00. The first kappa shape index (κ1) is 81.0. The van der Waals surface area contributed by atoms with Crippen LogP contribution in [0, 0.1) is 5.92 Å². The molecule has 1 unspecified atom stereocenters. The number of aliphatic hydroxyl groups excluding tert-OH is 6. The van der Waals surface area contributed by atoms with Gasteiger partial charge in [0.15, 0.2) is 29.9 Å². The molecule has 7 aliphatic heterocycles. The fourth-order valence-corrected chi connectivity index (χ4v) is 12.9. The van der Waals surface area contributed by atoms with Crippen LogP contribution in [-0.2, 0) is 52.6 Å². The number of fused-ring (bicyclic) bond motifs is 15. The largest absolute Gasteiger partial charge is 0.508 e. The lowest BCUT2D eigenvalue weighted by Crippen LogP contribution is -2.64. The van der Waals surface area contributed by atoms with Crippen molar-refractivity contribution in [3.63, 3.8) is 0 Å². The van der Waals surface area contributed by atoms with Crippen LogP contribution in [0.4, 0.5) is 0 Å². The Morgan fingerprint density at radius 1 is 0.705 bits per heavy atom. The summed E-state index contributed by atoms with van der Waals surface area (Å²) in [5.74, 6) is -16.0. The predicted molar refractivity (Wildman–Crippen MR) is 372 cm³/mol. The first-order chi connectivity index (χ1) is 49.7. The normalized spacial score (nSPS) is 28.4. The molecule has 12 rings (SSSR count). The van der Waals surface area contributed by atoms with Crippen LogP contribution in [0.2, 0.25) is 10.0 Å². The van der Waals surface area contributed by atoms with Gasteiger partial charge < -0.3 is 128 Å². The van der Waals surface area contributed by atoms with Gasteiger partial charge in [0.25, 0.3) is 0 Å². The van der Waals surface area contributed by atoms with E-state index in [1.54, 1.807) is 0 Å². The van der Waals surface area contributed by atoms with Crippen LogP contribution in [0.1, 0.15) is 105 Å². The molecule has 566 valence electrons. The van der Waals surface area contributed by atoms with Crippen molar-refractivity contribution in [2.45, 2.75) is 156 Å². The number of hydrogen-bond donors (Lipinski definition) is 19. The summed E-state index contributed by atoms with van der Waals surface area (Å²) in [7, 11) is 1.47. The molecule has 0 saturated carbocycles. The molecular formula is C70H83Cl2N9O24. The highest BCUT2D eigenvalue weighted by Gasteiger charge is 2.51. The number of likely N-dealkylation sites (N-methyl/N-ethyl adjacent to an activating group) is 1. The average molecular weight is 1510 g/mol. The summed E-state index contributed by atoms with van der Waals surface area (Å²) in [6, 6.07) is -0.679. The number of carboxylic acid groups (broad SMARTS) is 1. The number of carbonyl (C=O) groups excluding carboxylic acids is 7. The van der Waals surface area contributed by atoms with Crippen LogP contribution in [0.15, 0.2) is 105 Å². The Bertz CT molecular complexity index is 4110. The average Bonchev–Trinajstić information content (AvgIpc) is 0.777. The quantitative estimate of drug-likeness (QED) is 0.0746. The highest BCUT2D eigenvalue weighted by atomic mass is 35.5. The second-order valence-electron chi connectivity index (χ2n) is 25.7. The van der Waals surface area contributed by atoms with Crippen LogP contribution < -0.4 is 62.9 Å². The van der Waals surface area contributed by atoms with Gasteiger partial charge in [-0.25, -0.2) is 4.79 Å². The Labute approximate surface area is 610 Å². The van der Waals surface area contributed by atoms with Crippen molar-refractivity contribution >= 4 is 70.5 Å². The van der Waals surface area contributed by atoms with Crippen molar-refractivity contribution in [1.29, 1.82) is 0 Å². The summed E-state index contributed by atoms with van der Waals surface area (Å²) < 4.78 is 38.3. The Kier molecular flexibility index (Phi) is 26.2. The van der Waals surface area contributed by atoms with Crippen LogP contribution in [-0.4, -0.2) is 191 Å². The van der Waals surface area contributed by atoms with E-state index < -0.39 is 237 Å². The van der Waals surface area contributed by atoms with Crippen molar-refractivity contribution in [3.05, 3.63) is 143 Å². The van der Waals surface area contributed by atoms with Gasteiger partial charge in [-0.2, -0.15) is 0 Å². The number of carboxylic acids is 1. The fraction of sp³-hybridized carbons (Fsp3) is 0.400. The van der Waals surface area contributed by atoms with Gasteiger partial charge in [-0.05, 0) is 110 Å². The van der Waals surface area contributed by atoms with Crippen molar-refractivity contribution < 1.29 is 118 Å². The molecule has 2 fully saturated rings. The Morgan fingerprint density at radius 3 is 1.85 bits per heavy atom. The van der Waals surface area contributed by atoms with E-state index in [2.05, 4.69) is 63.5 Å². The lowest BCUT2D eigenvalue weighted by molar-refractivity contribution is -0.333. The van der Waals surface area contributed by atoms with Crippen molar-refractivity contribution in [2.75, 3.05) is 13.7 Å². The van der Waals surface area contributed by atoms with E-state index in [1.165, 1.54) is 33.0 Å². The number of primary amides is 1. The minimum Gasteiger partial charge on any atom is -0.508 e. The third-order valence-corrected chi connectivity index (χ3v) is 18.4. The van der Waals surface area contributed by atoms with Crippen LogP contribution in [0.5, 0.6) is 46.0 Å². The molecule has 35 heteroatoms. The van der Waals surface area contributed by atoms with Gasteiger partial charge in [0.2, 0.25) is 53.4 Å². The molecule has 0 aromatic heterocycles. The monoisotopic (exact) mass is 1500 g/mol. The third kappa shape index (κ3) is 17.8. The van der Waals surface area contributed by atoms with Crippen LogP contribution >= 0.6 is 23.2 Å². The number of benzene rings is 5. The molecule has 0 radical (unpaired) electrons. The van der Waals surface area contributed by atoms with Gasteiger partial charge in [0.1, 0.15) is 89.5 Å². The van der Waals surface area contributed by atoms with Gasteiger partial charge in [0, 0.05) is 34.7 Å². The van der Waals surface area contributed by atoms with Gasteiger partial charge >= 0.3 is 5.97 Å². The summed E-state index contributed by atoms with van der Waals surface area (Å²) in [6.07, 6.45) is -18.6. The third-order valence-electron chi connectivity index (χ3n) is 17.8. The number of rotatable bonds is 13. The number of hydrogen-bond acceptors (Lipinski definition) is 25. The van der Waals surface area contributed by atoms with Gasteiger partial charge in [-0.15, -0.1) is 26.3 Å². The molecule has 0 aliphatic carbocycles. The molecule has 2 saturated heterocycles. The first-order valence-electron chi connectivity index (χ1n) is 32.6. The molecule has 18 atom stereocenters. The molecule has 11 bridgehead atoms. The van der Waals surface area contributed by atoms with E-state index in [4.69, 9.17) is 63.1 Å². The maximum atomic E-state index is 16.0. The fourth-order valence-electron chi connectivity index (χ4n) is 12.5. The Morgan fingerprint density at radius 2 is 1.29 bits per heavy atom. The van der Waals surface area contributed by atoms with Crippen molar-refractivity contribution in [1.82, 2.24) is 37.2 Å². The van der Waals surface area contributed by atoms with E-state index in [-0.39, 0.29) is 46.2 Å². The van der Waals surface area contributed by atoms with Gasteiger partial charge in [0.05, 0.1) is 41.3 Å². The highest BCUT2D eigenvalue weighted by Crippen LogP contribution is 2.50. The smallest absolute Gasteiger partial charge is 0.330 e. The molecule has 33 nitrogen and oxygen atoms in total. The van der Waals surface area contributed by atoms with E-state index in [0.717, 1.165) is 66.7 Å². The lowest BCUT2D eigenvalue weighted by Gasteiger charge is -2.47. The van der Waals surface area contributed by atoms with Gasteiger partial charge in [-0.3, -0.25) is 33.6 Å². The number of aliphatic hydroxyl groups is 6. The molecule has 21 N–H and O–H groups in total. The van der Waals surface area contributed by atoms with Crippen molar-refractivity contribution in [3.8, 4) is 57.1 Å². The molecule has 7 amide bonds. The SMILES string of the molecule is C=C.C=C.CN[C@H](CC(C)C)C(=O)NC1C(=O)N[C@@H](CC(N)=O)C(=O)N[C@H]2C(=O)N[C@H]3C(=O)N[C@H](C(=O)N[C@H](C(=O)O)c4cc(O)cc(O)c4-c4cc3ccc4O)[C@H](O)c3ccc(c(Cl)c3)Oc3cc2cc(c3O[C@@H]2O[C@H](CO)[C@@H](O)[C@H](O)[C@H]2O[C@H]2C[C@](C)(N)[C@H](O)[C@H](C)O2)Oc2ccc(cc2Cl)[C@H]1O. The minimum atomic E-state index is -2.35. The van der Waals surface area contributed by atoms with E-state index >= 15 is 14.4 Å². The number of nitrogens with one attached hydrogen (secondary N) is 7. The molecule has 0 spiro atoms. The number of halogens is 2. The number of phenolic OH excluding ortho intramolecular Hbond substituents is 3. The number of nitrogens with two attached hydrogens (primary N) is 2. The lowest BCUT2D eigenvalue weighted by atomic mass is 9.86. The molecule has 105 heavy (non-hydrogen) atoms. The standard InChI is InChI=1S/C66H75Cl2N9O24.2C2H4/c1-23(2)12-34(71-5)58(88)76-49-51(83)26-7-10-38(32(67)14-26)97-40-16-28-17-41(55(40)101-65-56(54(86)53(85)42(22-78)99-65)100-44-21-66(4,70)57(87)24(3)96-44)98-39-11-8-27(15-33(39)68)52(84)50-63(93)75-48(64(94)95)31-18-29(79)19-37(81)45(31)30-13-25(6-9-36(30)80)46(60(90)77-50)74-61(91)47(28)73-59(89)35(20-43(69)82)72-62(49)92;2*1-2/h6-11,13-19,23-24,34-35,42,44,46-54,56-57,65,71,78-81,83-87H,12,20-22,70H2,1-5H3,(H2,69,82)(H,72,92)(H,73,89)(H,74,91)(H,75,93)(H,76,88)(H,77,90)(H,94,95);2*1-2H2/t24-,34+,35-,42+,44-,46+,47+,48-,49?,50-,51+,52+,53+,54-,56+,57+,65-,66-;;/m0../s1. The number of amides is 7. The summed E-state index contributed by atoms with van der Waals surface area (Å²) in [6.45, 7) is 17.7. The second kappa shape index (κ2) is 34.0. The molecule has 5 aromatic carbocycles. The highest BCUT2D eigenvalue weighted by molar-refractivity contribution is 6.32. The van der Waals surface area contributed by atoms with Gasteiger partial charge in [-0.1, -0.05) is 55.2 Å². The number of phenols is 3. The molecule has 7 aliphatic rings. The maximum absolute atomic E-state index is 16.0. The first-order valence-corrected chi connectivity index (χ1v) is 33.4. The number of ether oxygens (including phenoxy) is 6. The Balaban J connectivity index is 0.00000342.